The number of likely N-dealkylation sites (N-methyl/N-ethyl adjacent to an activating group) is 1. The molecule has 1 saturated heterocycles. The van der Waals surface area contributed by atoms with Crippen molar-refractivity contribution in [2.45, 2.75) is 12.5 Å². The molecular formula is C14H20N2O2. The first-order valence-electron chi connectivity index (χ1n) is 6.39. The Kier molecular flexibility index (Phi) is 4.73. The topological polar surface area (TPSA) is 41.6 Å². The van der Waals surface area contributed by atoms with Crippen LogP contribution in [-0.2, 0) is 16.0 Å². The van der Waals surface area contributed by atoms with E-state index >= 15 is 0 Å². The minimum atomic E-state index is -0.148. The first-order chi connectivity index (χ1) is 8.81. The molecule has 18 heavy (non-hydrogen) atoms. The molecule has 0 bridgehead atoms. The van der Waals surface area contributed by atoms with Crippen molar-refractivity contribution < 1.29 is 9.53 Å². The summed E-state index contributed by atoms with van der Waals surface area (Å²) in [6.07, 6.45) is 0.730. The minimum absolute atomic E-state index is 0.148. The lowest BCUT2D eigenvalue weighted by molar-refractivity contribution is -0.137. The van der Waals surface area contributed by atoms with Gasteiger partial charge in [0.15, 0.2) is 0 Å². The fourth-order valence-electron chi connectivity index (χ4n) is 2.17. The van der Waals surface area contributed by atoms with Crippen LogP contribution in [0.5, 0.6) is 0 Å². The molecule has 1 aliphatic rings. The highest BCUT2D eigenvalue weighted by Gasteiger charge is 2.24. The normalized spacial score (nSPS) is 17.5. The van der Waals surface area contributed by atoms with Crippen LogP contribution in [-0.4, -0.2) is 50.2 Å². The van der Waals surface area contributed by atoms with Crippen molar-refractivity contribution in [3.05, 3.63) is 35.9 Å². The smallest absolute Gasteiger partial charge is 0.240 e. The van der Waals surface area contributed by atoms with Gasteiger partial charge in [-0.1, -0.05) is 30.3 Å². The molecule has 1 aromatic carbocycles. The molecular weight excluding hydrogens is 228 g/mol. The number of hydrogen-bond donors (Lipinski definition) is 1. The van der Waals surface area contributed by atoms with Crippen LogP contribution >= 0.6 is 0 Å². The summed E-state index contributed by atoms with van der Waals surface area (Å²) in [5.74, 6) is 0.171. The van der Waals surface area contributed by atoms with Crippen LogP contribution in [0.4, 0.5) is 0 Å². The summed E-state index contributed by atoms with van der Waals surface area (Å²) in [5, 5.41) is 3.12. The highest BCUT2D eigenvalue weighted by molar-refractivity contribution is 5.82. The van der Waals surface area contributed by atoms with Crippen molar-refractivity contribution in [2.24, 2.45) is 0 Å². The van der Waals surface area contributed by atoms with E-state index in [-0.39, 0.29) is 11.9 Å². The Morgan fingerprint density at radius 3 is 2.61 bits per heavy atom. The van der Waals surface area contributed by atoms with E-state index < -0.39 is 0 Å². The van der Waals surface area contributed by atoms with Gasteiger partial charge in [0.25, 0.3) is 0 Å². The molecule has 2 rings (SSSR count). The maximum absolute atomic E-state index is 12.3. The van der Waals surface area contributed by atoms with Crippen LogP contribution in [0.3, 0.4) is 0 Å². The summed E-state index contributed by atoms with van der Waals surface area (Å²) in [4.78, 5) is 14.2. The summed E-state index contributed by atoms with van der Waals surface area (Å²) in [6, 6.07) is 9.95. The van der Waals surface area contributed by atoms with E-state index in [0.29, 0.717) is 26.3 Å². The van der Waals surface area contributed by atoms with Crippen LogP contribution < -0.4 is 5.32 Å². The minimum Gasteiger partial charge on any atom is -0.378 e. The average molecular weight is 248 g/mol. The third-order valence-corrected chi connectivity index (χ3v) is 3.25. The molecule has 1 N–H and O–H groups in total. The number of nitrogens with one attached hydrogen (secondary N) is 1. The highest BCUT2D eigenvalue weighted by Crippen LogP contribution is 2.07. The van der Waals surface area contributed by atoms with Crippen molar-refractivity contribution in [1.29, 1.82) is 0 Å². The van der Waals surface area contributed by atoms with E-state index in [9.17, 15) is 4.79 Å². The Bertz CT molecular complexity index is 375. The molecule has 0 spiro atoms. The van der Waals surface area contributed by atoms with E-state index in [4.69, 9.17) is 4.74 Å². The van der Waals surface area contributed by atoms with Gasteiger partial charge >= 0.3 is 0 Å². The van der Waals surface area contributed by atoms with Crippen molar-refractivity contribution in [1.82, 2.24) is 10.2 Å². The van der Waals surface area contributed by atoms with E-state index in [2.05, 4.69) is 17.4 Å². The molecule has 0 aliphatic carbocycles. The fourth-order valence-corrected chi connectivity index (χ4v) is 2.17. The standard InChI is InChI=1S/C14H20N2O2/c1-15-13(11-12-5-3-2-4-6-12)14(17)16-7-9-18-10-8-16/h2-6,13,15H,7-11H2,1H3/t13-/m1/s1. The van der Waals surface area contributed by atoms with Gasteiger partial charge in [-0.15, -0.1) is 0 Å². The first kappa shape index (κ1) is 13.1. The Morgan fingerprint density at radius 1 is 1.33 bits per heavy atom. The van der Waals surface area contributed by atoms with Crippen LogP contribution in [0.25, 0.3) is 0 Å². The lowest BCUT2D eigenvalue weighted by Gasteiger charge is -2.30. The maximum atomic E-state index is 12.3. The number of amides is 1. The van der Waals surface area contributed by atoms with Gasteiger partial charge in [-0.3, -0.25) is 4.79 Å². The molecule has 0 unspecified atom stereocenters. The molecule has 1 aromatic rings. The highest BCUT2D eigenvalue weighted by atomic mass is 16.5. The van der Waals surface area contributed by atoms with E-state index in [0.717, 1.165) is 6.42 Å². The van der Waals surface area contributed by atoms with Crippen LogP contribution in [0.2, 0.25) is 0 Å². The SMILES string of the molecule is CN[C@H](Cc1ccccc1)C(=O)N1CCOCC1. The number of rotatable bonds is 4. The number of morpholine rings is 1. The quantitative estimate of drug-likeness (QED) is 0.852. The largest absolute Gasteiger partial charge is 0.378 e. The molecule has 1 heterocycles. The number of hydrogen-bond acceptors (Lipinski definition) is 3. The van der Waals surface area contributed by atoms with Gasteiger partial charge in [0, 0.05) is 13.1 Å². The van der Waals surface area contributed by atoms with Crippen LogP contribution in [0.15, 0.2) is 30.3 Å². The molecule has 1 amide bonds. The molecule has 0 aromatic heterocycles. The Labute approximate surface area is 108 Å². The number of carbonyl (C=O) groups excluding carboxylic acids is 1. The Balaban J connectivity index is 1.97. The fraction of sp³-hybridized carbons (Fsp3) is 0.500. The monoisotopic (exact) mass is 248 g/mol. The Hall–Kier alpha value is -1.39. The summed E-state index contributed by atoms with van der Waals surface area (Å²) < 4.78 is 5.27. The second-order valence-electron chi connectivity index (χ2n) is 4.47. The van der Waals surface area contributed by atoms with Crippen LogP contribution in [0, 0.1) is 0 Å². The predicted molar refractivity (Wildman–Crippen MR) is 70.4 cm³/mol. The first-order valence-corrected chi connectivity index (χ1v) is 6.39. The van der Waals surface area contributed by atoms with Gasteiger partial charge in [0.1, 0.15) is 0 Å². The van der Waals surface area contributed by atoms with Gasteiger partial charge in [-0.25, -0.2) is 0 Å². The number of benzene rings is 1. The van der Waals surface area contributed by atoms with E-state index in [1.165, 1.54) is 5.56 Å². The van der Waals surface area contributed by atoms with E-state index in [1.54, 1.807) is 0 Å². The molecule has 1 aliphatic heterocycles. The van der Waals surface area contributed by atoms with Gasteiger partial charge < -0.3 is 15.0 Å². The molecule has 98 valence electrons. The second-order valence-corrected chi connectivity index (χ2v) is 4.47. The maximum Gasteiger partial charge on any atom is 0.240 e. The molecule has 4 nitrogen and oxygen atoms in total. The predicted octanol–water partition coefficient (Wildman–Crippen LogP) is 0.676. The summed E-state index contributed by atoms with van der Waals surface area (Å²) in [5.41, 5.74) is 1.18. The average Bonchev–Trinajstić information content (AvgIpc) is 2.46. The number of carbonyl (C=O) groups is 1. The van der Waals surface area contributed by atoms with Crippen molar-refractivity contribution in [2.75, 3.05) is 33.4 Å². The molecule has 0 radical (unpaired) electrons. The van der Waals surface area contributed by atoms with Gasteiger partial charge in [0.05, 0.1) is 19.3 Å². The Morgan fingerprint density at radius 2 is 2.00 bits per heavy atom. The number of nitrogens with zero attached hydrogens (tertiary/aromatic N) is 1. The van der Waals surface area contributed by atoms with Gasteiger partial charge in [-0.05, 0) is 19.0 Å². The van der Waals surface area contributed by atoms with Crippen LogP contribution in [0.1, 0.15) is 5.56 Å². The molecule has 4 heteroatoms. The zero-order valence-electron chi connectivity index (χ0n) is 10.8. The number of ether oxygens (including phenoxy) is 1. The lowest BCUT2D eigenvalue weighted by Crippen LogP contribution is -2.50. The third kappa shape index (κ3) is 3.31. The van der Waals surface area contributed by atoms with Gasteiger partial charge in [-0.2, -0.15) is 0 Å². The second kappa shape index (κ2) is 6.52. The summed E-state index contributed by atoms with van der Waals surface area (Å²) >= 11 is 0. The zero-order valence-corrected chi connectivity index (χ0v) is 10.8. The molecule has 0 saturated carbocycles. The van der Waals surface area contributed by atoms with E-state index in [1.807, 2.05) is 30.1 Å². The van der Waals surface area contributed by atoms with Crippen molar-refractivity contribution >= 4 is 5.91 Å². The van der Waals surface area contributed by atoms with Crippen molar-refractivity contribution in [3.8, 4) is 0 Å². The van der Waals surface area contributed by atoms with Crippen molar-refractivity contribution in [3.63, 3.8) is 0 Å². The zero-order chi connectivity index (χ0) is 12.8. The molecule has 1 fully saturated rings. The third-order valence-electron chi connectivity index (χ3n) is 3.25. The van der Waals surface area contributed by atoms with Gasteiger partial charge in [0.2, 0.25) is 5.91 Å². The lowest BCUT2D eigenvalue weighted by atomic mass is 10.0. The summed E-state index contributed by atoms with van der Waals surface area (Å²) in [6.45, 7) is 2.69. The molecule has 1 atom stereocenters. The summed E-state index contributed by atoms with van der Waals surface area (Å²) in [7, 11) is 1.84.